The summed E-state index contributed by atoms with van der Waals surface area (Å²) in [5, 5.41) is 7.51. The summed E-state index contributed by atoms with van der Waals surface area (Å²) in [5.74, 6) is 0.649. The number of nitrogens with zero attached hydrogens (tertiary/aromatic N) is 5. The number of fused-ring (bicyclic) bond motifs is 1. The first kappa shape index (κ1) is 26.3. The van der Waals surface area contributed by atoms with Gasteiger partial charge in [0.2, 0.25) is 0 Å². The number of pyridine rings is 1. The number of carbonyl (C=O) groups is 2. The van der Waals surface area contributed by atoms with Crippen LogP contribution in [0.25, 0.3) is 5.65 Å². The van der Waals surface area contributed by atoms with Crippen molar-refractivity contribution in [3.05, 3.63) is 88.1 Å². The molecular weight excluding hydrogens is 492 g/mol. The highest BCUT2D eigenvalue weighted by Crippen LogP contribution is 2.30. The van der Waals surface area contributed by atoms with Gasteiger partial charge in [-0.2, -0.15) is 5.10 Å². The van der Waals surface area contributed by atoms with Crippen molar-refractivity contribution < 1.29 is 14.3 Å². The van der Waals surface area contributed by atoms with Gasteiger partial charge in [-0.05, 0) is 58.7 Å². The Morgan fingerprint density at radius 2 is 1.79 bits per heavy atom. The van der Waals surface area contributed by atoms with E-state index in [-0.39, 0.29) is 17.7 Å². The molecule has 1 aliphatic heterocycles. The lowest BCUT2D eigenvalue weighted by Gasteiger charge is -2.32. The van der Waals surface area contributed by atoms with E-state index in [0.29, 0.717) is 37.4 Å². The van der Waals surface area contributed by atoms with Gasteiger partial charge >= 0.3 is 0 Å². The van der Waals surface area contributed by atoms with Gasteiger partial charge < -0.3 is 15.0 Å². The van der Waals surface area contributed by atoms with Crippen molar-refractivity contribution in [1.82, 2.24) is 29.8 Å². The zero-order valence-electron chi connectivity index (χ0n) is 22.9. The number of nitrogens with one attached hydrogen (secondary N) is 1. The average molecular weight is 527 g/mol. The second-order valence-corrected chi connectivity index (χ2v) is 9.99. The summed E-state index contributed by atoms with van der Waals surface area (Å²) < 4.78 is 7.42. The van der Waals surface area contributed by atoms with E-state index >= 15 is 0 Å². The smallest absolute Gasteiger partial charge is 0.257 e. The fourth-order valence-corrected chi connectivity index (χ4v) is 5.20. The number of benzene rings is 1. The van der Waals surface area contributed by atoms with Crippen molar-refractivity contribution in [2.75, 3.05) is 19.7 Å². The Morgan fingerprint density at radius 3 is 2.56 bits per heavy atom. The van der Waals surface area contributed by atoms with E-state index in [1.807, 2.05) is 75.1 Å². The summed E-state index contributed by atoms with van der Waals surface area (Å²) in [7, 11) is 0. The minimum Gasteiger partial charge on any atom is -0.494 e. The van der Waals surface area contributed by atoms with E-state index in [9.17, 15) is 9.59 Å². The standard InChI is InChI=1S/C30H34N6O3/c1-5-39-26-9-7-6-8-23(26)17-32-29(37)24-11-10-19(2)33-28(24)22-12-14-35(15-13-22)30(38)25-18-31-27-16-20(3)34-36(27)21(25)4/h6-11,16,18,22H,5,12-15,17H2,1-4H3,(H,32,37). The topological polar surface area (TPSA) is 102 Å². The molecule has 1 N–H and O–H groups in total. The summed E-state index contributed by atoms with van der Waals surface area (Å²) in [6.07, 6.45) is 3.10. The second kappa shape index (κ2) is 11.2. The Balaban J connectivity index is 1.28. The van der Waals surface area contributed by atoms with Gasteiger partial charge in [0.05, 0.1) is 34.8 Å². The zero-order chi connectivity index (χ0) is 27.5. The summed E-state index contributed by atoms with van der Waals surface area (Å²) >= 11 is 0. The quantitative estimate of drug-likeness (QED) is 0.383. The summed E-state index contributed by atoms with van der Waals surface area (Å²) in [5.41, 5.74) is 6.11. The lowest BCUT2D eigenvalue weighted by molar-refractivity contribution is 0.0708. The molecular formula is C30H34N6O3. The number of para-hydroxylation sites is 1. The van der Waals surface area contributed by atoms with Crippen LogP contribution < -0.4 is 10.1 Å². The van der Waals surface area contributed by atoms with E-state index in [1.54, 1.807) is 10.7 Å². The molecule has 1 saturated heterocycles. The fourth-order valence-electron chi connectivity index (χ4n) is 5.20. The highest BCUT2D eigenvalue weighted by atomic mass is 16.5. The maximum atomic E-state index is 13.4. The molecule has 202 valence electrons. The molecule has 39 heavy (non-hydrogen) atoms. The molecule has 1 fully saturated rings. The lowest BCUT2D eigenvalue weighted by atomic mass is 9.89. The van der Waals surface area contributed by atoms with Crippen LogP contribution in [0.3, 0.4) is 0 Å². The SMILES string of the molecule is CCOc1ccccc1CNC(=O)c1ccc(C)nc1C1CCN(C(=O)c2cnc3cc(C)nn3c2C)CC1. The summed E-state index contributed by atoms with van der Waals surface area (Å²) in [6, 6.07) is 13.3. The van der Waals surface area contributed by atoms with E-state index in [2.05, 4.69) is 15.4 Å². The second-order valence-electron chi connectivity index (χ2n) is 9.99. The van der Waals surface area contributed by atoms with Gasteiger partial charge in [-0.1, -0.05) is 18.2 Å². The number of likely N-dealkylation sites (tertiary alicyclic amines) is 1. The summed E-state index contributed by atoms with van der Waals surface area (Å²) in [6.45, 7) is 9.77. The van der Waals surface area contributed by atoms with Gasteiger partial charge in [0, 0.05) is 49.1 Å². The molecule has 3 aromatic heterocycles. The molecule has 0 spiro atoms. The number of carbonyl (C=O) groups excluding carboxylic acids is 2. The van der Waals surface area contributed by atoms with E-state index in [0.717, 1.165) is 52.6 Å². The predicted octanol–water partition coefficient (Wildman–Crippen LogP) is 4.40. The van der Waals surface area contributed by atoms with Crippen LogP contribution in [0, 0.1) is 20.8 Å². The minimum atomic E-state index is -0.160. The van der Waals surface area contributed by atoms with Crippen LogP contribution in [-0.4, -0.2) is 56.0 Å². The third-order valence-corrected chi connectivity index (χ3v) is 7.27. The molecule has 5 rings (SSSR count). The third kappa shape index (κ3) is 5.48. The highest BCUT2D eigenvalue weighted by molar-refractivity contribution is 5.96. The molecule has 4 aromatic rings. The normalized spacial score (nSPS) is 14.0. The van der Waals surface area contributed by atoms with Crippen molar-refractivity contribution in [1.29, 1.82) is 0 Å². The van der Waals surface area contributed by atoms with Gasteiger partial charge in [0.1, 0.15) is 5.75 Å². The molecule has 9 nitrogen and oxygen atoms in total. The highest BCUT2D eigenvalue weighted by Gasteiger charge is 2.29. The molecule has 0 saturated carbocycles. The van der Waals surface area contributed by atoms with Crippen molar-refractivity contribution in [2.45, 2.75) is 53.0 Å². The van der Waals surface area contributed by atoms with E-state index in [1.165, 1.54) is 0 Å². The molecule has 0 radical (unpaired) electrons. The van der Waals surface area contributed by atoms with E-state index < -0.39 is 0 Å². The number of hydrogen-bond acceptors (Lipinski definition) is 6. The first-order valence-electron chi connectivity index (χ1n) is 13.4. The number of ether oxygens (including phenoxy) is 1. The summed E-state index contributed by atoms with van der Waals surface area (Å²) in [4.78, 5) is 37.8. The van der Waals surface area contributed by atoms with Gasteiger partial charge in [-0.25, -0.2) is 9.50 Å². The van der Waals surface area contributed by atoms with Crippen LogP contribution in [0.5, 0.6) is 5.75 Å². The monoisotopic (exact) mass is 526 g/mol. The number of aryl methyl sites for hydroxylation is 3. The molecule has 0 bridgehead atoms. The predicted molar refractivity (Wildman–Crippen MR) is 148 cm³/mol. The van der Waals surface area contributed by atoms with Gasteiger partial charge in [0.15, 0.2) is 5.65 Å². The molecule has 1 aliphatic rings. The maximum Gasteiger partial charge on any atom is 0.257 e. The minimum absolute atomic E-state index is 0.0448. The Labute approximate surface area is 228 Å². The molecule has 0 unspecified atom stereocenters. The number of rotatable bonds is 7. The Kier molecular flexibility index (Phi) is 7.58. The third-order valence-electron chi connectivity index (χ3n) is 7.27. The van der Waals surface area contributed by atoms with Crippen LogP contribution in [0.1, 0.15) is 74.7 Å². The molecule has 2 amide bonds. The lowest BCUT2D eigenvalue weighted by Crippen LogP contribution is -2.39. The molecule has 0 atom stereocenters. The number of amides is 2. The molecule has 4 heterocycles. The van der Waals surface area contributed by atoms with Crippen molar-refractivity contribution in [3.63, 3.8) is 0 Å². The van der Waals surface area contributed by atoms with Crippen LogP contribution in [-0.2, 0) is 6.54 Å². The van der Waals surface area contributed by atoms with Crippen LogP contribution >= 0.6 is 0 Å². The Hall–Kier alpha value is -4.27. The van der Waals surface area contributed by atoms with Gasteiger partial charge in [-0.3, -0.25) is 14.6 Å². The zero-order valence-corrected chi connectivity index (χ0v) is 22.9. The first-order valence-corrected chi connectivity index (χ1v) is 13.4. The maximum absolute atomic E-state index is 13.4. The Morgan fingerprint density at radius 1 is 1.03 bits per heavy atom. The molecule has 1 aromatic carbocycles. The largest absolute Gasteiger partial charge is 0.494 e. The number of hydrogen-bond donors (Lipinski definition) is 1. The molecule has 9 heteroatoms. The number of piperidine rings is 1. The Bertz CT molecular complexity index is 1520. The van der Waals surface area contributed by atoms with Crippen LogP contribution in [0.2, 0.25) is 0 Å². The van der Waals surface area contributed by atoms with Crippen molar-refractivity contribution in [3.8, 4) is 5.75 Å². The van der Waals surface area contributed by atoms with Gasteiger partial charge in [-0.15, -0.1) is 0 Å². The van der Waals surface area contributed by atoms with Crippen LogP contribution in [0.4, 0.5) is 0 Å². The first-order chi connectivity index (χ1) is 18.9. The average Bonchev–Trinajstić information content (AvgIpc) is 3.34. The van der Waals surface area contributed by atoms with Crippen LogP contribution in [0.15, 0.2) is 48.7 Å². The van der Waals surface area contributed by atoms with Crippen molar-refractivity contribution in [2.24, 2.45) is 0 Å². The number of aromatic nitrogens is 4. The van der Waals surface area contributed by atoms with Gasteiger partial charge in [0.25, 0.3) is 11.8 Å². The van der Waals surface area contributed by atoms with Crippen molar-refractivity contribution >= 4 is 17.5 Å². The molecule has 0 aliphatic carbocycles. The fraction of sp³-hybridized carbons (Fsp3) is 0.367. The van der Waals surface area contributed by atoms with E-state index in [4.69, 9.17) is 9.72 Å².